The third-order valence-electron chi connectivity index (χ3n) is 4.22. The standard InChI is InChI=1S/C16H24N2O4S/c1-12-10-17(2)16(19)9-13-7-5-6-8-14(13)22-15(12)11-18(3)23(4,20)21/h5-8,12,15H,9-11H2,1-4H3/t12-,15+/m1/s1. The second kappa shape index (κ2) is 6.88. The van der Waals surface area contributed by atoms with Gasteiger partial charge in [0.05, 0.1) is 19.2 Å². The van der Waals surface area contributed by atoms with Crippen LogP contribution in [0.1, 0.15) is 12.5 Å². The summed E-state index contributed by atoms with van der Waals surface area (Å²) in [6.07, 6.45) is 1.13. The molecule has 1 aromatic carbocycles. The zero-order valence-corrected chi connectivity index (χ0v) is 14.8. The van der Waals surface area contributed by atoms with E-state index >= 15 is 0 Å². The molecule has 0 bridgehead atoms. The van der Waals surface area contributed by atoms with Gasteiger partial charge in [0.2, 0.25) is 15.9 Å². The zero-order valence-electron chi connectivity index (χ0n) is 14.0. The van der Waals surface area contributed by atoms with Crippen molar-refractivity contribution in [1.82, 2.24) is 9.21 Å². The molecular formula is C16H24N2O4S. The molecule has 0 radical (unpaired) electrons. The van der Waals surface area contributed by atoms with Crippen LogP contribution in [0.2, 0.25) is 0 Å². The monoisotopic (exact) mass is 340 g/mol. The molecule has 2 rings (SSSR count). The van der Waals surface area contributed by atoms with E-state index in [9.17, 15) is 13.2 Å². The Morgan fingerprint density at radius 2 is 2.00 bits per heavy atom. The molecule has 1 aromatic rings. The highest BCUT2D eigenvalue weighted by Crippen LogP contribution is 2.25. The molecule has 2 atom stereocenters. The highest BCUT2D eigenvalue weighted by atomic mass is 32.2. The van der Waals surface area contributed by atoms with Gasteiger partial charge in [0.25, 0.3) is 0 Å². The largest absolute Gasteiger partial charge is 0.488 e. The molecule has 0 fully saturated rings. The lowest BCUT2D eigenvalue weighted by atomic mass is 10.0. The topological polar surface area (TPSA) is 66.9 Å². The molecule has 7 heteroatoms. The van der Waals surface area contributed by atoms with Crippen LogP contribution in [-0.2, 0) is 21.2 Å². The van der Waals surface area contributed by atoms with Crippen molar-refractivity contribution in [3.8, 4) is 5.75 Å². The summed E-state index contributed by atoms with van der Waals surface area (Å²) in [4.78, 5) is 14.0. The second-order valence-corrected chi connectivity index (χ2v) is 8.33. The Balaban J connectivity index is 2.33. The number of ether oxygens (including phenoxy) is 1. The van der Waals surface area contributed by atoms with E-state index in [4.69, 9.17) is 4.74 Å². The van der Waals surface area contributed by atoms with Crippen LogP contribution in [0.4, 0.5) is 0 Å². The first kappa shape index (κ1) is 17.7. The van der Waals surface area contributed by atoms with Crippen LogP contribution in [0.15, 0.2) is 24.3 Å². The molecular weight excluding hydrogens is 316 g/mol. The molecule has 1 aliphatic heterocycles. The smallest absolute Gasteiger partial charge is 0.226 e. The van der Waals surface area contributed by atoms with E-state index in [0.29, 0.717) is 12.3 Å². The first-order valence-electron chi connectivity index (χ1n) is 7.58. The van der Waals surface area contributed by atoms with Crippen molar-refractivity contribution in [3.05, 3.63) is 29.8 Å². The minimum atomic E-state index is -3.28. The molecule has 23 heavy (non-hydrogen) atoms. The van der Waals surface area contributed by atoms with Gasteiger partial charge in [-0.15, -0.1) is 0 Å². The van der Waals surface area contributed by atoms with E-state index in [1.165, 1.54) is 10.6 Å². The van der Waals surface area contributed by atoms with Gasteiger partial charge in [0, 0.05) is 32.1 Å². The molecule has 0 aromatic heterocycles. The highest BCUT2D eigenvalue weighted by molar-refractivity contribution is 7.88. The van der Waals surface area contributed by atoms with Gasteiger partial charge in [-0.05, 0) is 6.07 Å². The van der Waals surface area contributed by atoms with Gasteiger partial charge in [-0.2, -0.15) is 0 Å². The molecule has 0 spiro atoms. The summed E-state index contributed by atoms with van der Waals surface area (Å²) in [5, 5.41) is 0. The zero-order chi connectivity index (χ0) is 17.2. The van der Waals surface area contributed by atoms with Crippen molar-refractivity contribution < 1.29 is 17.9 Å². The average Bonchev–Trinajstić information content (AvgIpc) is 2.49. The van der Waals surface area contributed by atoms with Crippen molar-refractivity contribution in [2.45, 2.75) is 19.4 Å². The van der Waals surface area contributed by atoms with Crippen LogP contribution in [-0.4, -0.2) is 63.1 Å². The lowest BCUT2D eigenvalue weighted by Crippen LogP contribution is -2.43. The summed E-state index contributed by atoms with van der Waals surface area (Å²) in [5.41, 5.74) is 0.824. The molecule has 0 saturated carbocycles. The van der Waals surface area contributed by atoms with Crippen LogP contribution < -0.4 is 4.74 Å². The molecule has 0 saturated heterocycles. The van der Waals surface area contributed by atoms with E-state index < -0.39 is 10.0 Å². The Bertz CT molecular complexity index is 674. The van der Waals surface area contributed by atoms with E-state index in [0.717, 1.165) is 5.56 Å². The number of rotatable bonds is 3. The molecule has 1 aliphatic rings. The van der Waals surface area contributed by atoms with Crippen molar-refractivity contribution >= 4 is 15.9 Å². The van der Waals surface area contributed by atoms with Gasteiger partial charge in [0.15, 0.2) is 0 Å². The number of likely N-dealkylation sites (N-methyl/N-ethyl adjacent to an activating group) is 2. The summed E-state index contributed by atoms with van der Waals surface area (Å²) in [6.45, 7) is 2.74. The van der Waals surface area contributed by atoms with Gasteiger partial charge in [-0.25, -0.2) is 12.7 Å². The minimum Gasteiger partial charge on any atom is -0.488 e. The number of sulfonamides is 1. The number of amides is 1. The van der Waals surface area contributed by atoms with Crippen molar-refractivity contribution in [2.24, 2.45) is 5.92 Å². The summed E-state index contributed by atoms with van der Waals surface area (Å²) in [7, 11) is 0.0238. The highest BCUT2D eigenvalue weighted by Gasteiger charge is 2.29. The SMILES string of the molecule is C[C@@H]1CN(C)C(=O)Cc2ccccc2O[C@H]1CN(C)S(C)(=O)=O. The van der Waals surface area contributed by atoms with Crippen molar-refractivity contribution in [3.63, 3.8) is 0 Å². The molecule has 0 N–H and O–H groups in total. The fraction of sp³-hybridized carbons (Fsp3) is 0.562. The molecule has 0 unspecified atom stereocenters. The fourth-order valence-electron chi connectivity index (χ4n) is 2.60. The maximum Gasteiger partial charge on any atom is 0.226 e. The van der Waals surface area contributed by atoms with Crippen LogP contribution >= 0.6 is 0 Å². The number of hydrogen-bond acceptors (Lipinski definition) is 4. The maximum absolute atomic E-state index is 12.3. The Labute approximate surface area is 138 Å². The fourth-order valence-corrected chi connectivity index (χ4v) is 3.02. The summed E-state index contributed by atoms with van der Waals surface area (Å²) in [6, 6.07) is 7.42. The normalized spacial score (nSPS) is 22.8. The second-order valence-electron chi connectivity index (χ2n) is 6.24. The third kappa shape index (κ3) is 4.45. The summed E-state index contributed by atoms with van der Waals surface area (Å²) >= 11 is 0. The van der Waals surface area contributed by atoms with Gasteiger partial charge in [-0.1, -0.05) is 25.1 Å². The van der Waals surface area contributed by atoms with Crippen LogP contribution in [0.25, 0.3) is 0 Å². The number of hydrogen-bond donors (Lipinski definition) is 0. The first-order chi connectivity index (χ1) is 10.7. The molecule has 128 valence electrons. The Kier molecular flexibility index (Phi) is 5.31. The minimum absolute atomic E-state index is 0.000642. The number of carbonyl (C=O) groups is 1. The third-order valence-corrected chi connectivity index (χ3v) is 5.50. The number of fused-ring (bicyclic) bond motifs is 1. The number of para-hydroxylation sites is 1. The van der Waals surface area contributed by atoms with Crippen LogP contribution in [0.5, 0.6) is 5.75 Å². The Morgan fingerprint density at radius 1 is 1.35 bits per heavy atom. The van der Waals surface area contributed by atoms with Crippen LogP contribution in [0.3, 0.4) is 0 Å². The predicted molar refractivity (Wildman–Crippen MR) is 88.8 cm³/mol. The quantitative estimate of drug-likeness (QED) is 0.822. The first-order valence-corrected chi connectivity index (χ1v) is 9.43. The predicted octanol–water partition coefficient (Wildman–Crippen LogP) is 0.976. The van der Waals surface area contributed by atoms with Gasteiger partial charge in [0.1, 0.15) is 11.9 Å². The van der Waals surface area contributed by atoms with Gasteiger partial charge < -0.3 is 9.64 Å². The lowest BCUT2D eigenvalue weighted by Gasteiger charge is -2.30. The maximum atomic E-state index is 12.3. The Hall–Kier alpha value is -1.60. The number of nitrogens with zero attached hydrogens (tertiary/aromatic N) is 2. The molecule has 1 amide bonds. The van der Waals surface area contributed by atoms with Crippen LogP contribution in [0, 0.1) is 5.92 Å². The van der Waals surface area contributed by atoms with E-state index in [-0.39, 0.29) is 30.9 Å². The molecule has 1 heterocycles. The van der Waals surface area contributed by atoms with Gasteiger partial charge in [-0.3, -0.25) is 4.79 Å². The molecule has 0 aliphatic carbocycles. The summed E-state index contributed by atoms with van der Waals surface area (Å²) < 4.78 is 30.8. The van der Waals surface area contributed by atoms with Gasteiger partial charge >= 0.3 is 0 Å². The van der Waals surface area contributed by atoms with E-state index in [1.807, 2.05) is 31.2 Å². The summed E-state index contributed by atoms with van der Waals surface area (Å²) in [5.74, 6) is 0.680. The number of carbonyl (C=O) groups excluding carboxylic acids is 1. The molecule has 6 nitrogen and oxygen atoms in total. The van der Waals surface area contributed by atoms with E-state index in [1.54, 1.807) is 19.0 Å². The lowest BCUT2D eigenvalue weighted by molar-refractivity contribution is -0.129. The van der Waals surface area contributed by atoms with Crippen molar-refractivity contribution in [1.29, 1.82) is 0 Å². The number of benzene rings is 1. The van der Waals surface area contributed by atoms with Crippen molar-refractivity contribution in [2.75, 3.05) is 33.4 Å². The van der Waals surface area contributed by atoms with E-state index in [2.05, 4.69) is 0 Å². The average molecular weight is 340 g/mol. The Morgan fingerprint density at radius 3 is 2.65 bits per heavy atom.